The van der Waals surface area contributed by atoms with Gasteiger partial charge in [0.25, 0.3) is 0 Å². The molecule has 9 nitrogen and oxygen atoms in total. The maximum Gasteiger partial charge on any atom is 0.306 e. The van der Waals surface area contributed by atoms with Crippen molar-refractivity contribution in [3.8, 4) is 11.1 Å². The summed E-state index contributed by atoms with van der Waals surface area (Å²) < 4.78 is 5.34. The standard InChI is InChI=1S/C36H44N4O5/c1-25(16-21-34(42)45-24-29-11-6-4-7-12-29)35(43)40-33(36(44)39-32(26(2)41)15-10-22-38-27(3)37)23-28-17-19-31(20-18-28)30-13-8-5-9-14-30/h4-9,11-14,17-20,25,32-33H,10,15-16,21-24H2,1-3H3,(H2,37,38)(H,39,44)(H,40,43). The number of rotatable bonds is 17. The summed E-state index contributed by atoms with van der Waals surface area (Å²) in [6.45, 7) is 5.44. The molecule has 0 aliphatic rings. The molecule has 0 spiro atoms. The molecule has 3 atom stereocenters. The minimum atomic E-state index is -0.932. The van der Waals surface area contributed by atoms with E-state index in [2.05, 4.69) is 15.6 Å². The highest BCUT2D eigenvalue weighted by molar-refractivity contribution is 5.92. The SMILES string of the molecule is CC(=O)C(CCCN=C(C)N)NC(=O)C(Cc1ccc(-c2ccccc2)cc1)NC(=O)C(C)CCC(=O)OCc1ccccc1. The number of nitrogens with zero attached hydrogens (tertiary/aromatic N) is 1. The third kappa shape index (κ3) is 12.4. The monoisotopic (exact) mass is 612 g/mol. The minimum Gasteiger partial charge on any atom is -0.461 e. The van der Waals surface area contributed by atoms with Crippen LogP contribution < -0.4 is 16.4 Å². The quantitative estimate of drug-likeness (QED) is 0.0868. The number of nitrogens with two attached hydrogens (primary N) is 1. The highest BCUT2D eigenvalue weighted by Crippen LogP contribution is 2.20. The predicted octanol–water partition coefficient (Wildman–Crippen LogP) is 4.77. The Hall–Kier alpha value is -4.79. The molecule has 0 saturated heterocycles. The molecule has 0 fully saturated rings. The fourth-order valence-electron chi connectivity index (χ4n) is 4.70. The maximum atomic E-state index is 13.5. The van der Waals surface area contributed by atoms with Gasteiger partial charge in [-0.3, -0.25) is 24.2 Å². The van der Waals surface area contributed by atoms with E-state index in [4.69, 9.17) is 10.5 Å². The molecule has 0 radical (unpaired) electrons. The van der Waals surface area contributed by atoms with Gasteiger partial charge in [-0.05, 0) is 55.4 Å². The molecule has 2 amide bonds. The van der Waals surface area contributed by atoms with Crippen LogP contribution in [-0.2, 0) is 36.9 Å². The summed E-state index contributed by atoms with van der Waals surface area (Å²) in [6, 6.07) is 25.5. The van der Waals surface area contributed by atoms with Crippen LogP contribution in [0.4, 0.5) is 0 Å². The summed E-state index contributed by atoms with van der Waals surface area (Å²) in [5, 5.41) is 5.70. The van der Waals surface area contributed by atoms with E-state index in [1.807, 2.05) is 84.9 Å². The Labute approximate surface area is 265 Å². The van der Waals surface area contributed by atoms with Crippen LogP contribution in [0.2, 0.25) is 0 Å². The molecule has 4 N–H and O–H groups in total. The Morgan fingerprint density at radius 3 is 1.98 bits per heavy atom. The number of carbonyl (C=O) groups excluding carboxylic acids is 4. The lowest BCUT2D eigenvalue weighted by Gasteiger charge is -2.24. The zero-order chi connectivity index (χ0) is 32.6. The smallest absolute Gasteiger partial charge is 0.306 e. The number of carbonyl (C=O) groups is 4. The van der Waals surface area contributed by atoms with Crippen molar-refractivity contribution >= 4 is 29.4 Å². The van der Waals surface area contributed by atoms with Crippen molar-refractivity contribution in [1.29, 1.82) is 0 Å². The summed E-state index contributed by atoms with van der Waals surface area (Å²) in [4.78, 5) is 55.6. The molecule has 3 aromatic carbocycles. The summed E-state index contributed by atoms with van der Waals surface area (Å²) in [5.41, 5.74) is 9.43. The van der Waals surface area contributed by atoms with Crippen LogP contribution in [0, 0.1) is 5.92 Å². The molecule has 0 aliphatic carbocycles. The number of benzene rings is 3. The van der Waals surface area contributed by atoms with Crippen LogP contribution >= 0.6 is 0 Å². The number of Topliss-reactive ketones (excluding diaryl/α,β-unsaturated/α-hetero) is 1. The summed E-state index contributed by atoms with van der Waals surface area (Å²) in [5.74, 6) is -1.49. The van der Waals surface area contributed by atoms with Crippen molar-refractivity contribution in [3.63, 3.8) is 0 Å². The number of hydrogen-bond acceptors (Lipinski definition) is 6. The van der Waals surface area contributed by atoms with Gasteiger partial charge in [0.05, 0.1) is 11.9 Å². The highest BCUT2D eigenvalue weighted by Gasteiger charge is 2.27. The van der Waals surface area contributed by atoms with E-state index in [1.54, 1.807) is 13.8 Å². The van der Waals surface area contributed by atoms with Crippen molar-refractivity contribution < 1.29 is 23.9 Å². The van der Waals surface area contributed by atoms with Crippen LogP contribution in [0.1, 0.15) is 57.6 Å². The number of ether oxygens (including phenoxy) is 1. The van der Waals surface area contributed by atoms with Crippen molar-refractivity contribution in [3.05, 3.63) is 96.1 Å². The van der Waals surface area contributed by atoms with Gasteiger partial charge in [0.2, 0.25) is 11.8 Å². The Morgan fingerprint density at radius 2 is 1.36 bits per heavy atom. The number of hydrogen-bond donors (Lipinski definition) is 3. The van der Waals surface area contributed by atoms with Gasteiger partial charge >= 0.3 is 5.97 Å². The van der Waals surface area contributed by atoms with Crippen molar-refractivity contribution in [2.24, 2.45) is 16.6 Å². The largest absolute Gasteiger partial charge is 0.461 e. The van der Waals surface area contributed by atoms with E-state index in [-0.39, 0.29) is 37.6 Å². The van der Waals surface area contributed by atoms with Crippen molar-refractivity contribution in [2.45, 2.75) is 71.6 Å². The second kappa shape index (κ2) is 18.1. The number of ketones is 1. The van der Waals surface area contributed by atoms with Crippen molar-refractivity contribution in [2.75, 3.05) is 6.54 Å². The maximum absolute atomic E-state index is 13.5. The topological polar surface area (TPSA) is 140 Å². The Bertz CT molecular complexity index is 1420. The molecule has 0 bridgehead atoms. The van der Waals surface area contributed by atoms with Gasteiger partial charge in [0.15, 0.2) is 5.78 Å². The average molecular weight is 613 g/mol. The van der Waals surface area contributed by atoms with Gasteiger partial charge in [0.1, 0.15) is 12.6 Å². The van der Waals surface area contributed by atoms with Crippen LogP contribution in [0.15, 0.2) is 89.9 Å². The number of esters is 1. The zero-order valence-corrected chi connectivity index (χ0v) is 26.3. The Morgan fingerprint density at radius 1 is 0.756 bits per heavy atom. The molecule has 0 heterocycles. The van der Waals surface area contributed by atoms with Crippen LogP contribution in [-0.4, -0.2) is 48.0 Å². The molecule has 3 rings (SSSR count). The third-order valence-corrected chi connectivity index (χ3v) is 7.42. The zero-order valence-electron chi connectivity index (χ0n) is 26.3. The number of amidine groups is 1. The van der Waals surface area contributed by atoms with Gasteiger partial charge in [-0.15, -0.1) is 0 Å². The molecule has 238 valence electrons. The second-order valence-electron chi connectivity index (χ2n) is 11.3. The van der Waals surface area contributed by atoms with Gasteiger partial charge < -0.3 is 21.1 Å². The Balaban J connectivity index is 1.66. The first-order chi connectivity index (χ1) is 21.6. The minimum absolute atomic E-state index is 0.0659. The average Bonchev–Trinajstić information content (AvgIpc) is 3.04. The first-order valence-electron chi connectivity index (χ1n) is 15.3. The molecule has 0 aliphatic heterocycles. The van der Waals surface area contributed by atoms with E-state index in [0.29, 0.717) is 25.2 Å². The van der Waals surface area contributed by atoms with Gasteiger partial charge in [-0.2, -0.15) is 0 Å². The Kier molecular flexibility index (Phi) is 14.0. The second-order valence-corrected chi connectivity index (χ2v) is 11.3. The van der Waals surface area contributed by atoms with E-state index in [9.17, 15) is 19.2 Å². The fraction of sp³-hybridized carbons (Fsp3) is 0.361. The number of amides is 2. The lowest BCUT2D eigenvalue weighted by molar-refractivity contribution is -0.145. The van der Waals surface area contributed by atoms with E-state index in [1.165, 1.54) is 6.92 Å². The van der Waals surface area contributed by atoms with Gasteiger partial charge in [-0.1, -0.05) is 91.9 Å². The van der Waals surface area contributed by atoms with Gasteiger partial charge in [-0.25, -0.2) is 0 Å². The molecular formula is C36H44N4O5. The highest BCUT2D eigenvalue weighted by atomic mass is 16.5. The predicted molar refractivity (Wildman–Crippen MR) is 176 cm³/mol. The fourth-order valence-corrected chi connectivity index (χ4v) is 4.70. The van der Waals surface area contributed by atoms with E-state index < -0.39 is 29.9 Å². The third-order valence-electron chi connectivity index (χ3n) is 7.42. The molecule has 3 unspecified atom stereocenters. The number of nitrogens with one attached hydrogen (secondary N) is 2. The van der Waals surface area contributed by atoms with E-state index in [0.717, 1.165) is 22.3 Å². The molecular weight excluding hydrogens is 568 g/mol. The number of aliphatic imine (C=N–C) groups is 1. The lowest BCUT2D eigenvalue weighted by atomic mass is 9.98. The molecule has 3 aromatic rings. The molecule has 0 saturated carbocycles. The summed E-state index contributed by atoms with van der Waals surface area (Å²) in [7, 11) is 0. The normalized spacial score (nSPS) is 13.3. The first-order valence-corrected chi connectivity index (χ1v) is 15.3. The molecule has 0 aromatic heterocycles. The van der Waals surface area contributed by atoms with Crippen LogP contribution in [0.5, 0.6) is 0 Å². The van der Waals surface area contributed by atoms with Crippen LogP contribution in [0.3, 0.4) is 0 Å². The van der Waals surface area contributed by atoms with Crippen molar-refractivity contribution in [1.82, 2.24) is 10.6 Å². The van der Waals surface area contributed by atoms with Crippen LogP contribution in [0.25, 0.3) is 11.1 Å². The van der Waals surface area contributed by atoms with E-state index >= 15 is 0 Å². The molecule has 9 heteroatoms. The summed E-state index contributed by atoms with van der Waals surface area (Å²) in [6.07, 6.45) is 1.51. The molecule has 45 heavy (non-hydrogen) atoms. The first kappa shape index (κ1) is 34.7. The summed E-state index contributed by atoms with van der Waals surface area (Å²) >= 11 is 0. The lowest BCUT2D eigenvalue weighted by Crippen LogP contribution is -2.53. The van der Waals surface area contributed by atoms with Gasteiger partial charge in [0, 0.05) is 25.3 Å².